The molecule has 0 bridgehead atoms. The van der Waals surface area contributed by atoms with Crippen LogP contribution in [0, 0.1) is 0 Å². The van der Waals surface area contributed by atoms with Crippen LogP contribution in [0.25, 0.3) is 0 Å². The van der Waals surface area contributed by atoms with Gasteiger partial charge in [-0.25, -0.2) is 4.98 Å². The molecule has 0 amide bonds. The van der Waals surface area contributed by atoms with Gasteiger partial charge in [-0.15, -0.1) is 0 Å². The molecule has 0 fully saturated rings. The van der Waals surface area contributed by atoms with E-state index in [0.717, 1.165) is 6.07 Å². The smallest absolute Gasteiger partial charge is 0.382 e. The van der Waals surface area contributed by atoms with Crippen LogP contribution in [-0.2, 0) is 10.9 Å². The fraction of sp³-hybridized carbons (Fsp3) is 0.545. The zero-order valence-electron chi connectivity index (χ0n) is 9.55. The lowest BCUT2D eigenvalue weighted by atomic mass is 10.2. The number of pyridine rings is 1. The molecule has 3 nitrogen and oxygen atoms in total. The van der Waals surface area contributed by atoms with Crippen molar-refractivity contribution in [3.63, 3.8) is 0 Å². The molecule has 0 aliphatic carbocycles. The van der Waals surface area contributed by atoms with E-state index in [1.807, 2.05) is 6.92 Å². The lowest BCUT2D eigenvalue weighted by Gasteiger charge is -2.12. The molecule has 0 aromatic carbocycles. The monoisotopic (exact) mass is 248 g/mol. The number of hydrogen-bond acceptors (Lipinski definition) is 3. The van der Waals surface area contributed by atoms with E-state index < -0.39 is 11.7 Å². The fourth-order valence-corrected chi connectivity index (χ4v) is 1.30. The van der Waals surface area contributed by atoms with Crippen molar-refractivity contribution in [1.82, 2.24) is 4.98 Å². The summed E-state index contributed by atoms with van der Waals surface area (Å²) in [5.74, 6) is -0.128. The van der Waals surface area contributed by atoms with Gasteiger partial charge in [0.15, 0.2) is 0 Å². The topological polar surface area (TPSA) is 34.1 Å². The van der Waals surface area contributed by atoms with Crippen LogP contribution in [0.4, 0.5) is 19.0 Å². The molecule has 0 aliphatic rings. The summed E-state index contributed by atoms with van der Waals surface area (Å²) in [6, 6.07) is 2.28. The van der Waals surface area contributed by atoms with E-state index in [0.29, 0.717) is 26.2 Å². The standard InChI is InChI=1S/C11H15F3N2O/c1-2-17-8-4-7-16-10-9(11(12,13)14)5-3-6-15-10/h3,5-6H,2,4,7-8H2,1H3,(H,15,16). The van der Waals surface area contributed by atoms with E-state index in [4.69, 9.17) is 4.74 Å². The molecular weight excluding hydrogens is 233 g/mol. The predicted molar refractivity (Wildman–Crippen MR) is 58.8 cm³/mol. The molecule has 0 saturated carbocycles. The second-order valence-corrected chi connectivity index (χ2v) is 3.37. The first kappa shape index (κ1) is 13.8. The Hall–Kier alpha value is -1.30. The summed E-state index contributed by atoms with van der Waals surface area (Å²) in [6.45, 7) is 3.41. The van der Waals surface area contributed by atoms with Crippen LogP contribution in [0.2, 0.25) is 0 Å². The zero-order valence-corrected chi connectivity index (χ0v) is 9.55. The Morgan fingerprint density at radius 1 is 1.41 bits per heavy atom. The summed E-state index contributed by atoms with van der Waals surface area (Å²) in [6.07, 6.45) is -2.40. The Morgan fingerprint density at radius 2 is 2.18 bits per heavy atom. The molecule has 0 radical (unpaired) electrons. The van der Waals surface area contributed by atoms with Gasteiger partial charge in [-0.2, -0.15) is 13.2 Å². The average molecular weight is 248 g/mol. The lowest BCUT2D eigenvalue weighted by molar-refractivity contribution is -0.137. The quantitative estimate of drug-likeness (QED) is 0.786. The first-order valence-electron chi connectivity index (χ1n) is 5.39. The molecule has 17 heavy (non-hydrogen) atoms. The normalized spacial score (nSPS) is 11.5. The number of rotatable bonds is 6. The maximum Gasteiger partial charge on any atom is 0.419 e. The Morgan fingerprint density at radius 3 is 2.82 bits per heavy atom. The van der Waals surface area contributed by atoms with Gasteiger partial charge in [-0.3, -0.25) is 0 Å². The third-order valence-electron chi connectivity index (χ3n) is 2.08. The number of anilines is 1. The largest absolute Gasteiger partial charge is 0.419 e. The first-order chi connectivity index (χ1) is 8.05. The highest BCUT2D eigenvalue weighted by atomic mass is 19.4. The molecule has 0 saturated heterocycles. The van der Waals surface area contributed by atoms with Crippen molar-refractivity contribution in [2.45, 2.75) is 19.5 Å². The molecule has 1 rings (SSSR count). The van der Waals surface area contributed by atoms with Crippen LogP contribution in [0.5, 0.6) is 0 Å². The summed E-state index contributed by atoms with van der Waals surface area (Å²) in [5.41, 5.74) is -0.739. The number of ether oxygens (including phenoxy) is 1. The summed E-state index contributed by atoms with van der Waals surface area (Å²) in [7, 11) is 0. The Bertz CT molecular complexity index is 342. The third kappa shape index (κ3) is 4.60. The fourth-order valence-electron chi connectivity index (χ4n) is 1.30. The summed E-state index contributed by atoms with van der Waals surface area (Å²) in [5, 5.41) is 2.67. The van der Waals surface area contributed by atoms with Gasteiger partial charge < -0.3 is 10.1 Å². The second-order valence-electron chi connectivity index (χ2n) is 3.37. The highest BCUT2D eigenvalue weighted by Gasteiger charge is 2.33. The molecule has 1 aromatic rings. The van der Waals surface area contributed by atoms with E-state index in [2.05, 4.69) is 10.3 Å². The van der Waals surface area contributed by atoms with Crippen LogP contribution in [0.1, 0.15) is 18.9 Å². The van der Waals surface area contributed by atoms with Crippen molar-refractivity contribution < 1.29 is 17.9 Å². The van der Waals surface area contributed by atoms with Gasteiger partial charge in [-0.05, 0) is 25.5 Å². The van der Waals surface area contributed by atoms with E-state index in [1.54, 1.807) is 0 Å². The summed E-state index contributed by atoms with van der Waals surface area (Å²) >= 11 is 0. The SMILES string of the molecule is CCOCCCNc1ncccc1C(F)(F)F. The molecule has 1 aromatic heterocycles. The van der Waals surface area contributed by atoms with Crippen LogP contribution < -0.4 is 5.32 Å². The van der Waals surface area contributed by atoms with Crippen LogP contribution in [0.15, 0.2) is 18.3 Å². The highest BCUT2D eigenvalue weighted by Crippen LogP contribution is 2.33. The maximum atomic E-state index is 12.6. The molecule has 0 unspecified atom stereocenters. The van der Waals surface area contributed by atoms with Gasteiger partial charge in [-0.1, -0.05) is 0 Å². The minimum Gasteiger partial charge on any atom is -0.382 e. The summed E-state index contributed by atoms with van der Waals surface area (Å²) < 4.78 is 42.8. The highest BCUT2D eigenvalue weighted by molar-refractivity contribution is 5.45. The van der Waals surface area contributed by atoms with E-state index in [1.165, 1.54) is 12.3 Å². The number of alkyl halides is 3. The first-order valence-corrected chi connectivity index (χ1v) is 5.39. The number of nitrogens with zero attached hydrogens (tertiary/aromatic N) is 1. The minimum atomic E-state index is -4.38. The van der Waals surface area contributed by atoms with E-state index in [9.17, 15) is 13.2 Å². The van der Waals surface area contributed by atoms with Gasteiger partial charge in [0.2, 0.25) is 0 Å². The Balaban J connectivity index is 2.53. The lowest BCUT2D eigenvalue weighted by Crippen LogP contribution is -2.13. The molecule has 0 aliphatic heterocycles. The molecule has 1 N–H and O–H groups in total. The number of halogens is 3. The van der Waals surface area contributed by atoms with E-state index >= 15 is 0 Å². The van der Waals surface area contributed by atoms with Crippen LogP contribution >= 0.6 is 0 Å². The van der Waals surface area contributed by atoms with Crippen molar-refractivity contribution in [2.75, 3.05) is 25.1 Å². The molecule has 6 heteroatoms. The van der Waals surface area contributed by atoms with Gasteiger partial charge in [0.1, 0.15) is 5.82 Å². The Kier molecular flexibility index (Phi) is 5.21. The molecule has 0 spiro atoms. The average Bonchev–Trinajstić information content (AvgIpc) is 2.28. The number of nitrogens with one attached hydrogen (secondary N) is 1. The van der Waals surface area contributed by atoms with Crippen molar-refractivity contribution >= 4 is 5.82 Å². The van der Waals surface area contributed by atoms with E-state index in [-0.39, 0.29) is 5.82 Å². The maximum absolute atomic E-state index is 12.6. The molecule has 0 atom stereocenters. The van der Waals surface area contributed by atoms with Crippen molar-refractivity contribution in [2.24, 2.45) is 0 Å². The van der Waals surface area contributed by atoms with Crippen LogP contribution in [0.3, 0.4) is 0 Å². The van der Waals surface area contributed by atoms with Gasteiger partial charge in [0.05, 0.1) is 5.56 Å². The van der Waals surface area contributed by atoms with Crippen LogP contribution in [-0.4, -0.2) is 24.7 Å². The number of aromatic nitrogens is 1. The van der Waals surface area contributed by atoms with Gasteiger partial charge in [0.25, 0.3) is 0 Å². The van der Waals surface area contributed by atoms with Gasteiger partial charge >= 0.3 is 6.18 Å². The van der Waals surface area contributed by atoms with Crippen molar-refractivity contribution in [3.05, 3.63) is 23.9 Å². The van der Waals surface area contributed by atoms with Crippen molar-refractivity contribution in [1.29, 1.82) is 0 Å². The zero-order chi connectivity index (χ0) is 12.7. The minimum absolute atomic E-state index is 0.128. The Labute approximate surface area is 98.0 Å². The second kappa shape index (κ2) is 6.44. The third-order valence-corrected chi connectivity index (χ3v) is 2.08. The molecule has 96 valence electrons. The molecular formula is C11H15F3N2O. The van der Waals surface area contributed by atoms with Gasteiger partial charge in [0, 0.05) is 26.0 Å². The predicted octanol–water partition coefficient (Wildman–Crippen LogP) is 2.94. The summed E-state index contributed by atoms with van der Waals surface area (Å²) in [4.78, 5) is 3.69. The molecule has 1 heterocycles. The van der Waals surface area contributed by atoms with Crippen molar-refractivity contribution in [3.8, 4) is 0 Å². The number of hydrogen-bond donors (Lipinski definition) is 1.